The predicted octanol–water partition coefficient (Wildman–Crippen LogP) is 1.69. The van der Waals surface area contributed by atoms with Crippen molar-refractivity contribution in [3.05, 3.63) is 23.5 Å². The van der Waals surface area contributed by atoms with Crippen LogP contribution in [0.5, 0.6) is 5.75 Å². The van der Waals surface area contributed by atoms with Crippen molar-refractivity contribution in [2.75, 3.05) is 13.7 Å². The van der Waals surface area contributed by atoms with Crippen LogP contribution in [0.1, 0.15) is 25.2 Å². The van der Waals surface area contributed by atoms with E-state index in [1.807, 2.05) is 37.8 Å². The van der Waals surface area contributed by atoms with Gasteiger partial charge in [-0.05, 0) is 20.8 Å². The largest absolute Gasteiger partial charge is 0.497 e. The van der Waals surface area contributed by atoms with Gasteiger partial charge in [0.15, 0.2) is 0 Å². The number of methoxy groups -OCH3 is 1. The Morgan fingerprint density at radius 1 is 1.50 bits per heavy atom. The number of ether oxygens (including phenoxy) is 1. The molecule has 0 atom stereocenters. The molecule has 5 heteroatoms. The lowest BCUT2D eigenvalue weighted by Crippen LogP contribution is -2.35. The number of pyridine rings is 1. The first kappa shape index (κ1) is 14.4. The molecule has 0 fully saturated rings. The molecule has 0 saturated heterocycles. The molecular formula is C13H20N2O3. The topological polar surface area (TPSA) is 62.7 Å². The van der Waals surface area contributed by atoms with E-state index in [0.717, 1.165) is 17.1 Å². The van der Waals surface area contributed by atoms with E-state index in [9.17, 15) is 4.79 Å². The van der Waals surface area contributed by atoms with Gasteiger partial charge in [-0.3, -0.25) is 14.7 Å². The summed E-state index contributed by atoms with van der Waals surface area (Å²) in [5.74, 6) is -0.0835. The highest BCUT2D eigenvalue weighted by molar-refractivity contribution is 5.69. The maximum atomic E-state index is 10.8. The van der Waals surface area contributed by atoms with Gasteiger partial charge in [-0.25, -0.2) is 0 Å². The van der Waals surface area contributed by atoms with Gasteiger partial charge in [-0.1, -0.05) is 0 Å². The van der Waals surface area contributed by atoms with Gasteiger partial charge < -0.3 is 9.84 Å². The number of nitrogens with zero attached hydrogens (tertiary/aromatic N) is 2. The monoisotopic (exact) mass is 252 g/mol. The van der Waals surface area contributed by atoms with Crippen LogP contribution in [0.4, 0.5) is 0 Å². The van der Waals surface area contributed by atoms with E-state index in [-0.39, 0.29) is 12.6 Å². The standard InChI is InChI=1S/C13H20N2O3/c1-9(2)15(8-13(16)17)7-11-6-12(18-4)5-10(3)14-11/h5-6,9H,7-8H2,1-4H3,(H,16,17). The van der Waals surface area contributed by atoms with Crippen LogP contribution in [-0.2, 0) is 11.3 Å². The van der Waals surface area contributed by atoms with Gasteiger partial charge in [-0.2, -0.15) is 0 Å². The summed E-state index contributed by atoms with van der Waals surface area (Å²) in [6.07, 6.45) is 0. The number of aliphatic carboxylic acids is 1. The molecule has 1 aromatic heterocycles. The van der Waals surface area contributed by atoms with Crippen LogP contribution in [-0.4, -0.2) is 40.7 Å². The number of carbonyl (C=O) groups is 1. The Morgan fingerprint density at radius 3 is 2.67 bits per heavy atom. The molecular weight excluding hydrogens is 232 g/mol. The van der Waals surface area contributed by atoms with Gasteiger partial charge >= 0.3 is 5.97 Å². The van der Waals surface area contributed by atoms with Crippen molar-refractivity contribution >= 4 is 5.97 Å². The minimum atomic E-state index is -0.830. The van der Waals surface area contributed by atoms with Crippen LogP contribution >= 0.6 is 0 Å². The zero-order valence-corrected chi connectivity index (χ0v) is 11.3. The Bertz CT molecular complexity index is 419. The number of hydrogen-bond donors (Lipinski definition) is 1. The van der Waals surface area contributed by atoms with Crippen molar-refractivity contribution in [3.8, 4) is 5.75 Å². The maximum absolute atomic E-state index is 10.8. The lowest BCUT2D eigenvalue weighted by atomic mass is 10.2. The molecule has 0 aliphatic carbocycles. The lowest BCUT2D eigenvalue weighted by Gasteiger charge is -2.24. The molecule has 5 nitrogen and oxygen atoms in total. The number of aromatic nitrogens is 1. The van der Waals surface area contributed by atoms with Gasteiger partial charge in [0.05, 0.1) is 19.3 Å². The van der Waals surface area contributed by atoms with Crippen molar-refractivity contribution in [3.63, 3.8) is 0 Å². The van der Waals surface area contributed by atoms with Gasteiger partial charge in [0.1, 0.15) is 5.75 Å². The Morgan fingerprint density at radius 2 is 2.17 bits per heavy atom. The second-order valence-electron chi connectivity index (χ2n) is 4.53. The van der Waals surface area contributed by atoms with Crippen LogP contribution in [0.15, 0.2) is 12.1 Å². The molecule has 1 heterocycles. The Balaban J connectivity index is 2.86. The SMILES string of the molecule is COc1cc(C)nc(CN(CC(=O)O)C(C)C)c1. The van der Waals surface area contributed by atoms with E-state index in [0.29, 0.717) is 6.54 Å². The predicted molar refractivity (Wildman–Crippen MR) is 68.7 cm³/mol. The molecule has 0 radical (unpaired) electrons. The molecule has 100 valence electrons. The first-order chi connectivity index (χ1) is 8.42. The Kier molecular flexibility index (Phi) is 5.09. The van der Waals surface area contributed by atoms with Crippen molar-refractivity contribution in [2.24, 2.45) is 0 Å². The van der Waals surface area contributed by atoms with E-state index in [4.69, 9.17) is 9.84 Å². The third-order valence-corrected chi connectivity index (χ3v) is 2.65. The average Bonchev–Trinajstić information content (AvgIpc) is 2.26. The van der Waals surface area contributed by atoms with Gasteiger partial charge in [0, 0.05) is 30.4 Å². The molecule has 0 amide bonds. The van der Waals surface area contributed by atoms with Crippen molar-refractivity contribution in [1.82, 2.24) is 9.88 Å². The summed E-state index contributed by atoms with van der Waals surface area (Å²) in [5.41, 5.74) is 1.69. The summed E-state index contributed by atoms with van der Waals surface area (Å²) in [6.45, 7) is 6.34. The van der Waals surface area contributed by atoms with Crippen LogP contribution in [0.2, 0.25) is 0 Å². The third-order valence-electron chi connectivity index (χ3n) is 2.65. The smallest absolute Gasteiger partial charge is 0.317 e. The molecule has 0 bridgehead atoms. The average molecular weight is 252 g/mol. The highest BCUT2D eigenvalue weighted by atomic mass is 16.5. The summed E-state index contributed by atoms with van der Waals surface area (Å²) < 4.78 is 5.18. The number of aryl methyl sites for hydroxylation is 1. The third kappa shape index (κ3) is 4.33. The first-order valence-electron chi connectivity index (χ1n) is 5.89. The Hall–Kier alpha value is -1.62. The number of carboxylic acid groups (broad SMARTS) is 1. The van der Waals surface area contributed by atoms with Gasteiger partial charge in [-0.15, -0.1) is 0 Å². The normalized spacial score (nSPS) is 11.0. The minimum absolute atomic E-state index is 0.00953. The van der Waals surface area contributed by atoms with E-state index in [2.05, 4.69) is 4.98 Å². The summed E-state index contributed by atoms with van der Waals surface area (Å²) in [4.78, 5) is 17.1. The fraction of sp³-hybridized carbons (Fsp3) is 0.538. The summed E-state index contributed by atoms with van der Waals surface area (Å²) in [6, 6.07) is 3.83. The minimum Gasteiger partial charge on any atom is -0.497 e. The van der Waals surface area contributed by atoms with E-state index in [1.54, 1.807) is 7.11 Å². The molecule has 18 heavy (non-hydrogen) atoms. The second-order valence-corrected chi connectivity index (χ2v) is 4.53. The van der Waals surface area contributed by atoms with E-state index >= 15 is 0 Å². The van der Waals surface area contributed by atoms with Crippen molar-refractivity contribution in [2.45, 2.75) is 33.4 Å². The molecule has 0 unspecified atom stereocenters. The number of carboxylic acids is 1. The molecule has 0 aromatic carbocycles. The number of rotatable bonds is 6. The molecule has 0 aliphatic rings. The lowest BCUT2D eigenvalue weighted by molar-refractivity contribution is -0.138. The van der Waals surface area contributed by atoms with Crippen molar-refractivity contribution in [1.29, 1.82) is 0 Å². The molecule has 1 N–H and O–H groups in total. The fourth-order valence-electron chi connectivity index (χ4n) is 1.70. The van der Waals surface area contributed by atoms with Crippen LogP contribution in [0.3, 0.4) is 0 Å². The Labute approximate surface area is 107 Å². The summed E-state index contributed by atoms with van der Waals surface area (Å²) in [7, 11) is 1.61. The van der Waals surface area contributed by atoms with Crippen LogP contribution in [0.25, 0.3) is 0 Å². The fourth-order valence-corrected chi connectivity index (χ4v) is 1.70. The van der Waals surface area contributed by atoms with Gasteiger partial charge in [0.25, 0.3) is 0 Å². The molecule has 0 saturated carbocycles. The summed E-state index contributed by atoms with van der Waals surface area (Å²) in [5, 5.41) is 8.88. The molecule has 0 spiro atoms. The van der Waals surface area contributed by atoms with Crippen LogP contribution < -0.4 is 4.74 Å². The van der Waals surface area contributed by atoms with E-state index < -0.39 is 5.97 Å². The molecule has 1 aromatic rings. The molecule has 0 aliphatic heterocycles. The summed E-state index contributed by atoms with van der Waals surface area (Å²) >= 11 is 0. The maximum Gasteiger partial charge on any atom is 0.317 e. The number of hydrogen-bond acceptors (Lipinski definition) is 4. The highest BCUT2D eigenvalue weighted by Crippen LogP contribution is 2.15. The van der Waals surface area contributed by atoms with Crippen LogP contribution in [0, 0.1) is 6.92 Å². The zero-order valence-electron chi connectivity index (χ0n) is 11.3. The first-order valence-corrected chi connectivity index (χ1v) is 5.89. The highest BCUT2D eigenvalue weighted by Gasteiger charge is 2.15. The molecule has 1 rings (SSSR count). The van der Waals surface area contributed by atoms with E-state index in [1.165, 1.54) is 0 Å². The zero-order chi connectivity index (χ0) is 13.7. The quantitative estimate of drug-likeness (QED) is 0.834. The second kappa shape index (κ2) is 6.35. The van der Waals surface area contributed by atoms with Gasteiger partial charge in [0.2, 0.25) is 0 Å². The van der Waals surface area contributed by atoms with Crippen molar-refractivity contribution < 1.29 is 14.6 Å².